The van der Waals surface area contributed by atoms with Crippen LogP contribution >= 0.6 is 0 Å². The summed E-state index contributed by atoms with van der Waals surface area (Å²) in [6.45, 7) is 2.15. The van der Waals surface area contributed by atoms with Crippen molar-refractivity contribution in [3.8, 4) is 11.5 Å². The molecule has 3 aromatic rings. The molecule has 0 saturated carbocycles. The maximum atomic E-state index is 13.3. The topological polar surface area (TPSA) is 76.1 Å². The Kier molecular flexibility index (Phi) is 5.57. The lowest BCUT2D eigenvalue weighted by Crippen LogP contribution is -2.29. The summed E-state index contributed by atoms with van der Waals surface area (Å²) < 4.78 is 11.2. The number of nitrogens with zero attached hydrogens (tertiary/aromatic N) is 1. The highest BCUT2D eigenvalue weighted by Crippen LogP contribution is 2.41. The summed E-state index contributed by atoms with van der Waals surface area (Å²) in [6, 6.07) is 21.3. The first kappa shape index (κ1) is 21.8. The molecule has 0 spiro atoms. The number of ketones is 1. The molecule has 0 aromatic heterocycles. The highest BCUT2D eigenvalue weighted by molar-refractivity contribution is 6.46. The van der Waals surface area contributed by atoms with Gasteiger partial charge >= 0.3 is 0 Å². The van der Waals surface area contributed by atoms with E-state index in [1.807, 2.05) is 67.6 Å². The second-order valence-electron chi connectivity index (χ2n) is 8.60. The van der Waals surface area contributed by atoms with E-state index in [2.05, 4.69) is 0 Å². The Morgan fingerprint density at radius 3 is 2.56 bits per heavy atom. The van der Waals surface area contributed by atoms with Gasteiger partial charge in [-0.25, -0.2) is 0 Å². The summed E-state index contributed by atoms with van der Waals surface area (Å²) in [7, 11) is 1.57. The average molecular weight is 456 g/mol. The minimum absolute atomic E-state index is 0.0585. The van der Waals surface area contributed by atoms with E-state index in [0.717, 1.165) is 28.9 Å². The first-order valence-corrected chi connectivity index (χ1v) is 11.2. The first-order valence-electron chi connectivity index (χ1n) is 11.2. The third kappa shape index (κ3) is 3.71. The van der Waals surface area contributed by atoms with Crippen LogP contribution in [0.4, 0.5) is 0 Å². The predicted molar refractivity (Wildman–Crippen MR) is 128 cm³/mol. The molecule has 1 amide bonds. The lowest BCUT2D eigenvalue weighted by Gasteiger charge is -2.26. The number of amides is 1. The zero-order valence-corrected chi connectivity index (χ0v) is 19.0. The van der Waals surface area contributed by atoms with Gasteiger partial charge in [0.25, 0.3) is 11.7 Å². The Bertz CT molecular complexity index is 1300. The third-order valence-electron chi connectivity index (χ3n) is 6.36. The fraction of sp³-hybridized carbons (Fsp3) is 0.214. The molecule has 1 fully saturated rings. The van der Waals surface area contributed by atoms with Gasteiger partial charge in [0, 0.05) is 17.5 Å². The van der Waals surface area contributed by atoms with Gasteiger partial charge in [-0.2, -0.15) is 0 Å². The van der Waals surface area contributed by atoms with Crippen LogP contribution in [-0.4, -0.2) is 34.9 Å². The molecule has 6 nitrogen and oxygen atoms in total. The average Bonchev–Trinajstić information content (AvgIpc) is 3.35. The van der Waals surface area contributed by atoms with Gasteiger partial charge in [0.2, 0.25) is 0 Å². The Labute approximate surface area is 198 Å². The smallest absolute Gasteiger partial charge is 0.295 e. The van der Waals surface area contributed by atoms with Crippen molar-refractivity contribution in [3.05, 3.63) is 101 Å². The number of aliphatic hydroxyl groups excluding tert-OH is 1. The third-order valence-corrected chi connectivity index (χ3v) is 6.36. The van der Waals surface area contributed by atoms with Gasteiger partial charge in [-0.1, -0.05) is 48.5 Å². The standard InChI is InChI=1S/C28H25NO5/c1-17-14-21-15-19(12-13-23(21)34-17)26(30)24-25(18-8-4-3-5-9-18)29(28(32)27(24)31)16-20-10-6-7-11-22(20)33-2/h3-13,15,17,25,30H,14,16H2,1-2H3/b26-24-. The number of hydrogen-bond acceptors (Lipinski definition) is 5. The first-order chi connectivity index (χ1) is 16.5. The van der Waals surface area contributed by atoms with Crippen LogP contribution in [-0.2, 0) is 22.6 Å². The number of rotatable bonds is 5. The molecular formula is C28H25NO5. The summed E-state index contributed by atoms with van der Waals surface area (Å²) in [4.78, 5) is 28.0. The Hall–Kier alpha value is -4.06. The van der Waals surface area contributed by atoms with Crippen LogP contribution in [0, 0.1) is 0 Å². The maximum absolute atomic E-state index is 13.3. The molecule has 172 valence electrons. The van der Waals surface area contributed by atoms with Gasteiger partial charge in [0.05, 0.1) is 25.3 Å². The van der Waals surface area contributed by atoms with Crippen LogP contribution in [0.15, 0.2) is 78.4 Å². The number of para-hydroxylation sites is 1. The van der Waals surface area contributed by atoms with Crippen molar-refractivity contribution in [2.75, 3.05) is 7.11 Å². The second kappa shape index (κ2) is 8.71. The summed E-state index contributed by atoms with van der Waals surface area (Å²) >= 11 is 0. The molecule has 0 radical (unpaired) electrons. The molecule has 3 aromatic carbocycles. The van der Waals surface area contributed by atoms with Gasteiger partial charge in [0.15, 0.2) is 0 Å². The largest absolute Gasteiger partial charge is 0.507 e. The number of benzene rings is 3. The minimum atomic E-state index is -0.727. The lowest BCUT2D eigenvalue weighted by atomic mass is 9.94. The van der Waals surface area contributed by atoms with Gasteiger partial charge in [-0.15, -0.1) is 0 Å². The monoisotopic (exact) mass is 455 g/mol. The molecule has 1 N–H and O–H groups in total. The van der Waals surface area contributed by atoms with Gasteiger partial charge < -0.3 is 19.5 Å². The summed E-state index contributed by atoms with van der Waals surface area (Å²) in [5.41, 5.74) is 3.06. The van der Waals surface area contributed by atoms with Crippen molar-refractivity contribution in [1.82, 2.24) is 4.90 Å². The van der Waals surface area contributed by atoms with Crippen LogP contribution in [0.3, 0.4) is 0 Å². The number of carbonyl (C=O) groups excluding carboxylic acids is 2. The summed E-state index contributed by atoms with van der Waals surface area (Å²) in [6.07, 6.45) is 0.781. The molecule has 0 bridgehead atoms. The van der Waals surface area contributed by atoms with E-state index in [1.165, 1.54) is 4.90 Å². The number of carbonyl (C=O) groups is 2. The molecule has 2 unspecified atom stereocenters. The molecule has 0 aliphatic carbocycles. The molecule has 2 heterocycles. The minimum Gasteiger partial charge on any atom is -0.507 e. The molecule has 2 aliphatic heterocycles. The van der Waals surface area contributed by atoms with E-state index >= 15 is 0 Å². The van der Waals surface area contributed by atoms with E-state index in [-0.39, 0.29) is 24.0 Å². The quantitative estimate of drug-likeness (QED) is 0.345. The number of hydrogen-bond donors (Lipinski definition) is 1. The van der Waals surface area contributed by atoms with E-state index in [1.54, 1.807) is 19.2 Å². The van der Waals surface area contributed by atoms with Crippen LogP contribution in [0.5, 0.6) is 11.5 Å². The number of likely N-dealkylation sites (tertiary alicyclic amines) is 1. The number of fused-ring (bicyclic) bond motifs is 1. The molecular weight excluding hydrogens is 430 g/mol. The Balaban J connectivity index is 1.62. The molecule has 2 atom stereocenters. The Morgan fingerprint density at radius 1 is 1.06 bits per heavy atom. The fourth-order valence-electron chi connectivity index (χ4n) is 4.77. The normalized spacial score (nSPS) is 20.8. The number of aliphatic hydroxyl groups is 1. The van der Waals surface area contributed by atoms with Crippen molar-refractivity contribution < 1.29 is 24.2 Å². The van der Waals surface area contributed by atoms with Crippen molar-refractivity contribution in [3.63, 3.8) is 0 Å². The number of Topliss-reactive ketones (excluding diaryl/α,β-unsaturated/α-hetero) is 1. The van der Waals surface area contributed by atoms with Crippen molar-refractivity contribution in [1.29, 1.82) is 0 Å². The molecule has 34 heavy (non-hydrogen) atoms. The van der Waals surface area contributed by atoms with Crippen molar-refractivity contribution >= 4 is 17.4 Å². The fourth-order valence-corrected chi connectivity index (χ4v) is 4.77. The van der Waals surface area contributed by atoms with Crippen LogP contribution in [0.2, 0.25) is 0 Å². The zero-order valence-electron chi connectivity index (χ0n) is 19.0. The van der Waals surface area contributed by atoms with Gasteiger partial charge in [-0.05, 0) is 42.3 Å². The SMILES string of the molecule is COc1ccccc1CN1C(=O)C(=O)/C(=C(\O)c2ccc3c(c2)CC(C)O3)C1c1ccccc1. The van der Waals surface area contributed by atoms with Crippen molar-refractivity contribution in [2.45, 2.75) is 32.0 Å². The molecule has 2 aliphatic rings. The summed E-state index contributed by atoms with van der Waals surface area (Å²) in [5.74, 6) is -0.132. The predicted octanol–water partition coefficient (Wildman–Crippen LogP) is 4.64. The number of methoxy groups -OCH3 is 1. The van der Waals surface area contributed by atoms with Gasteiger partial charge in [-0.3, -0.25) is 9.59 Å². The highest BCUT2D eigenvalue weighted by Gasteiger charge is 2.46. The maximum Gasteiger partial charge on any atom is 0.295 e. The zero-order chi connectivity index (χ0) is 23.8. The molecule has 6 heteroatoms. The summed E-state index contributed by atoms with van der Waals surface area (Å²) in [5, 5.41) is 11.3. The lowest BCUT2D eigenvalue weighted by molar-refractivity contribution is -0.140. The Morgan fingerprint density at radius 2 is 1.79 bits per heavy atom. The molecule has 1 saturated heterocycles. The van der Waals surface area contributed by atoms with Gasteiger partial charge in [0.1, 0.15) is 23.4 Å². The molecule has 5 rings (SSSR count). The second-order valence-corrected chi connectivity index (χ2v) is 8.60. The van der Waals surface area contributed by atoms with Crippen LogP contribution in [0.1, 0.15) is 35.2 Å². The van der Waals surface area contributed by atoms with E-state index < -0.39 is 17.7 Å². The van der Waals surface area contributed by atoms with E-state index in [9.17, 15) is 14.7 Å². The highest BCUT2D eigenvalue weighted by atomic mass is 16.5. The van der Waals surface area contributed by atoms with E-state index in [0.29, 0.717) is 11.3 Å². The number of ether oxygens (including phenoxy) is 2. The van der Waals surface area contributed by atoms with Crippen LogP contribution < -0.4 is 9.47 Å². The van der Waals surface area contributed by atoms with Crippen molar-refractivity contribution in [2.24, 2.45) is 0 Å². The van der Waals surface area contributed by atoms with Crippen LogP contribution in [0.25, 0.3) is 5.76 Å². The van der Waals surface area contributed by atoms with E-state index in [4.69, 9.17) is 9.47 Å².